The first-order valence-corrected chi connectivity index (χ1v) is 9.91. The van der Waals surface area contributed by atoms with Gasteiger partial charge < -0.3 is 9.15 Å². The smallest absolute Gasteiger partial charge is 0.246 e. The van der Waals surface area contributed by atoms with Crippen LogP contribution in [0.25, 0.3) is 0 Å². The number of benzene rings is 1. The van der Waals surface area contributed by atoms with E-state index in [1.165, 1.54) is 4.31 Å². The second kappa shape index (κ2) is 7.53. The first kappa shape index (κ1) is 18.5. The average Bonchev–Trinajstić information content (AvgIpc) is 3.12. The van der Waals surface area contributed by atoms with Crippen LogP contribution in [-0.2, 0) is 20.5 Å². The molecule has 0 amide bonds. The highest BCUT2D eigenvalue weighted by Crippen LogP contribution is 2.25. The van der Waals surface area contributed by atoms with Crippen molar-refractivity contribution in [2.75, 3.05) is 19.7 Å². The SMILES string of the molecule is CC(C)c1nnc([C@H]2CN(S(=O)(=O)Cc3cccc(C#N)c3)CCO2)o1. The van der Waals surface area contributed by atoms with Crippen LogP contribution in [0, 0.1) is 11.3 Å². The number of sulfonamides is 1. The van der Waals surface area contributed by atoms with Gasteiger partial charge in [0.1, 0.15) is 6.10 Å². The van der Waals surface area contributed by atoms with Crippen molar-refractivity contribution in [3.8, 4) is 6.07 Å². The summed E-state index contributed by atoms with van der Waals surface area (Å²) < 4.78 is 38.1. The lowest BCUT2D eigenvalue weighted by atomic mass is 10.2. The van der Waals surface area contributed by atoms with Gasteiger partial charge in [-0.25, -0.2) is 8.42 Å². The van der Waals surface area contributed by atoms with Crippen LogP contribution in [0.2, 0.25) is 0 Å². The molecule has 138 valence electrons. The quantitative estimate of drug-likeness (QED) is 0.784. The van der Waals surface area contributed by atoms with Gasteiger partial charge in [0.2, 0.25) is 21.8 Å². The summed E-state index contributed by atoms with van der Waals surface area (Å²) in [5.41, 5.74) is 1.01. The Morgan fingerprint density at radius 3 is 2.88 bits per heavy atom. The molecule has 0 radical (unpaired) electrons. The molecule has 1 aliphatic heterocycles. The lowest BCUT2D eigenvalue weighted by Gasteiger charge is -2.30. The van der Waals surface area contributed by atoms with Gasteiger partial charge in [0.15, 0.2) is 0 Å². The highest BCUT2D eigenvalue weighted by atomic mass is 32.2. The Balaban J connectivity index is 1.74. The van der Waals surface area contributed by atoms with Gasteiger partial charge in [0.05, 0.1) is 24.0 Å². The molecule has 0 bridgehead atoms. The molecule has 2 heterocycles. The molecule has 1 aliphatic rings. The van der Waals surface area contributed by atoms with Crippen molar-refractivity contribution in [1.29, 1.82) is 5.26 Å². The Labute approximate surface area is 152 Å². The Kier molecular flexibility index (Phi) is 5.36. The summed E-state index contributed by atoms with van der Waals surface area (Å²) in [6, 6.07) is 8.62. The standard InChI is InChI=1S/C17H20N4O4S/c1-12(2)16-19-20-17(25-16)15-10-21(6-7-24-15)26(22,23)11-14-5-3-4-13(8-14)9-18/h3-5,8,12,15H,6-7,10-11H2,1-2H3/t15-/m1/s1. The third-order valence-corrected chi connectivity index (χ3v) is 5.87. The largest absolute Gasteiger partial charge is 0.422 e. The molecule has 1 aromatic carbocycles. The highest BCUT2D eigenvalue weighted by molar-refractivity contribution is 7.88. The van der Waals surface area contributed by atoms with E-state index < -0.39 is 16.1 Å². The van der Waals surface area contributed by atoms with Crippen LogP contribution in [0.1, 0.15) is 48.8 Å². The first-order chi connectivity index (χ1) is 12.4. The summed E-state index contributed by atoms with van der Waals surface area (Å²) in [4.78, 5) is 0. The van der Waals surface area contributed by atoms with Gasteiger partial charge in [-0.2, -0.15) is 9.57 Å². The Morgan fingerprint density at radius 1 is 1.38 bits per heavy atom. The van der Waals surface area contributed by atoms with Crippen molar-refractivity contribution in [1.82, 2.24) is 14.5 Å². The molecule has 0 N–H and O–H groups in total. The molecular weight excluding hydrogens is 356 g/mol. The fourth-order valence-corrected chi connectivity index (χ4v) is 4.17. The molecule has 1 atom stereocenters. The minimum absolute atomic E-state index is 0.0899. The molecule has 0 spiro atoms. The second-order valence-electron chi connectivity index (χ2n) is 6.42. The molecular formula is C17H20N4O4S. The maximum Gasteiger partial charge on any atom is 0.246 e. The van der Waals surface area contributed by atoms with Crippen LogP contribution in [0.3, 0.4) is 0 Å². The zero-order chi connectivity index (χ0) is 18.7. The van der Waals surface area contributed by atoms with Gasteiger partial charge in [0, 0.05) is 19.0 Å². The van der Waals surface area contributed by atoms with Crippen molar-refractivity contribution in [2.24, 2.45) is 0 Å². The van der Waals surface area contributed by atoms with E-state index in [1.54, 1.807) is 24.3 Å². The van der Waals surface area contributed by atoms with E-state index in [0.29, 0.717) is 22.9 Å². The van der Waals surface area contributed by atoms with Crippen molar-refractivity contribution in [3.05, 3.63) is 47.2 Å². The highest BCUT2D eigenvalue weighted by Gasteiger charge is 2.33. The molecule has 8 nitrogen and oxygen atoms in total. The molecule has 1 saturated heterocycles. The number of nitriles is 1. The second-order valence-corrected chi connectivity index (χ2v) is 8.39. The van der Waals surface area contributed by atoms with E-state index in [-0.39, 0.29) is 31.4 Å². The molecule has 1 fully saturated rings. The van der Waals surface area contributed by atoms with Crippen molar-refractivity contribution in [3.63, 3.8) is 0 Å². The topological polar surface area (TPSA) is 109 Å². The number of nitrogens with zero attached hydrogens (tertiary/aromatic N) is 4. The maximum absolute atomic E-state index is 12.8. The number of ether oxygens (including phenoxy) is 1. The van der Waals surface area contributed by atoms with Crippen LogP contribution in [0.15, 0.2) is 28.7 Å². The normalized spacial score (nSPS) is 18.8. The van der Waals surface area contributed by atoms with Gasteiger partial charge in [-0.1, -0.05) is 26.0 Å². The molecule has 2 aromatic rings. The number of hydrogen-bond donors (Lipinski definition) is 0. The van der Waals surface area contributed by atoms with Crippen LogP contribution in [0.4, 0.5) is 0 Å². The van der Waals surface area contributed by atoms with Gasteiger partial charge in [-0.05, 0) is 17.7 Å². The minimum atomic E-state index is -3.56. The van der Waals surface area contributed by atoms with E-state index in [4.69, 9.17) is 14.4 Å². The van der Waals surface area contributed by atoms with E-state index in [1.807, 2.05) is 19.9 Å². The fourth-order valence-electron chi connectivity index (χ4n) is 2.67. The zero-order valence-corrected chi connectivity index (χ0v) is 15.4. The van der Waals surface area contributed by atoms with Gasteiger partial charge in [-0.15, -0.1) is 10.2 Å². The van der Waals surface area contributed by atoms with Crippen LogP contribution >= 0.6 is 0 Å². The van der Waals surface area contributed by atoms with Crippen molar-refractivity contribution < 1.29 is 17.6 Å². The first-order valence-electron chi connectivity index (χ1n) is 8.31. The summed E-state index contributed by atoms with van der Waals surface area (Å²) >= 11 is 0. The van der Waals surface area contributed by atoms with Crippen LogP contribution in [0.5, 0.6) is 0 Å². The summed E-state index contributed by atoms with van der Waals surface area (Å²) in [5, 5.41) is 16.9. The molecule has 9 heteroatoms. The van der Waals surface area contributed by atoms with E-state index in [0.717, 1.165) is 0 Å². The molecule has 0 unspecified atom stereocenters. The Bertz CT molecular complexity index is 917. The average molecular weight is 376 g/mol. The van der Waals surface area contributed by atoms with Crippen LogP contribution in [-0.4, -0.2) is 42.6 Å². The summed E-state index contributed by atoms with van der Waals surface area (Å²) in [7, 11) is -3.56. The Hall–Kier alpha value is -2.28. The molecule has 26 heavy (non-hydrogen) atoms. The predicted molar refractivity (Wildman–Crippen MR) is 92.4 cm³/mol. The molecule has 3 rings (SSSR count). The van der Waals surface area contributed by atoms with Gasteiger partial charge in [-0.3, -0.25) is 0 Å². The third kappa shape index (κ3) is 4.09. The van der Waals surface area contributed by atoms with Crippen molar-refractivity contribution >= 4 is 10.0 Å². The monoisotopic (exact) mass is 376 g/mol. The third-order valence-electron chi connectivity index (χ3n) is 4.05. The zero-order valence-electron chi connectivity index (χ0n) is 14.6. The van der Waals surface area contributed by atoms with Crippen LogP contribution < -0.4 is 0 Å². The number of aromatic nitrogens is 2. The molecule has 1 aromatic heterocycles. The fraction of sp³-hybridized carbons (Fsp3) is 0.471. The summed E-state index contributed by atoms with van der Waals surface area (Å²) in [5.74, 6) is 0.708. The number of hydrogen-bond acceptors (Lipinski definition) is 7. The maximum atomic E-state index is 12.8. The molecule has 0 aliphatic carbocycles. The van der Waals surface area contributed by atoms with E-state index in [9.17, 15) is 8.42 Å². The van der Waals surface area contributed by atoms with Crippen molar-refractivity contribution in [2.45, 2.75) is 31.6 Å². The van der Waals surface area contributed by atoms with E-state index in [2.05, 4.69) is 10.2 Å². The lowest BCUT2D eigenvalue weighted by Crippen LogP contribution is -2.42. The van der Waals surface area contributed by atoms with Gasteiger partial charge >= 0.3 is 0 Å². The minimum Gasteiger partial charge on any atom is -0.422 e. The predicted octanol–water partition coefficient (Wildman–Crippen LogP) is 1.97. The molecule has 0 saturated carbocycles. The Morgan fingerprint density at radius 2 is 2.19 bits per heavy atom. The lowest BCUT2D eigenvalue weighted by molar-refractivity contribution is -0.0179. The van der Waals surface area contributed by atoms with E-state index >= 15 is 0 Å². The number of rotatable bonds is 5. The summed E-state index contributed by atoms with van der Waals surface area (Å²) in [6.07, 6.45) is -0.580. The summed E-state index contributed by atoms with van der Waals surface area (Å²) in [6.45, 7) is 4.51. The number of morpholine rings is 1. The van der Waals surface area contributed by atoms with Gasteiger partial charge in [0.25, 0.3) is 0 Å².